The van der Waals surface area contributed by atoms with Crippen molar-refractivity contribution in [3.8, 4) is 5.75 Å². The Morgan fingerprint density at radius 2 is 1.97 bits per heavy atom. The Labute approximate surface area is 192 Å². The smallest absolute Gasteiger partial charge is 0.406 e. The number of carbonyl (C=O) groups is 1. The van der Waals surface area contributed by atoms with Crippen molar-refractivity contribution in [1.82, 2.24) is 9.80 Å². The lowest BCUT2D eigenvalue weighted by Crippen LogP contribution is -2.42. The van der Waals surface area contributed by atoms with Crippen LogP contribution in [0.4, 0.5) is 13.2 Å². The van der Waals surface area contributed by atoms with Gasteiger partial charge in [0.1, 0.15) is 11.6 Å². The molecule has 0 N–H and O–H groups in total. The van der Waals surface area contributed by atoms with Gasteiger partial charge in [0.15, 0.2) is 0 Å². The zero-order chi connectivity index (χ0) is 24.3. The van der Waals surface area contributed by atoms with E-state index in [4.69, 9.17) is 4.99 Å². The number of amidine groups is 1. The van der Waals surface area contributed by atoms with Crippen LogP contribution in [0.5, 0.6) is 5.75 Å². The van der Waals surface area contributed by atoms with Gasteiger partial charge >= 0.3 is 6.36 Å². The summed E-state index contributed by atoms with van der Waals surface area (Å²) in [6.07, 6.45) is -0.527. The van der Waals surface area contributed by atoms with Gasteiger partial charge in [0.25, 0.3) is 0 Å². The number of piperidine rings is 1. The normalized spacial score (nSPS) is 23.2. The van der Waals surface area contributed by atoms with Crippen molar-refractivity contribution in [2.75, 3.05) is 20.1 Å². The predicted molar refractivity (Wildman–Crippen MR) is 124 cm³/mol. The third-order valence-electron chi connectivity index (χ3n) is 6.14. The fraction of sp³-hybridized carbons (Fsp3) is 0.440. The molecule has 2 atom stereocenters. The average molecular weight is 462 g/mol. The summed E-state index contributed by atoms with van der Waals surface area (Å²) in [5.74, 6) is 0.546. The monoisotopic (exact) mass is 461 g/mol. The van der Waals surface area contributed by atoms with Crippen LogP contribution < -0.4 is 4.74 Å². The van der Waals surface area contributed by atoms with E-state index >= 15 is 0 Å². The van der Waals surface area contributed by atoms with Gasteiger partial charge in [-0.1, -0.05) is 24.8 Å². The summed E-state index contributed by atoms with van der Waals surface area (Å²) in [7, 11) is 1.97. The van der Waals surface area contributed by atoms with Gasteiger partial charge in [-0.3, -0.25) is 9.79 Å². The highest BCUT2D eigenvalue weighted by atomic mass is 19.4. The number of likely N-dealkylation sites (N-methyl/N-ethyl adjacent to an activating group) is 1. The largest absolute Gasteiger partial charge is 0.573 e. The third kappa shape index (κ3) is 5.86. The van der Waals surface area contributed by atoms with E-state index in [9.17, 15) is 18.0 Å². The molecule has 0 aromatic heterocycles. The van der Waals surface area contributed by atoms with Gasteiger partial charge in [-0.05, 0) is 62.0 Å². The number of halogens is 3. The Morgan fingerprint density at radius 3 is 2.52 bits per heavy atom. The van der Waals surface area contributed by atoms with Crippen molar-refractivity contribution in [2.45, 2.75) is 51.6 Å². The van der Waals surface area contributed by atoms with Crippen LogP contribution in [0, 0.1) is 0 Å². The maximum Gasteiger partial charge on any atom is 0.573 e. The molecule has 2 fully saturated rings. The number of ether oxygens (including phenoxy) is 1. The first-order valence-electron chi connectivity index (χ1n) is 11.0. The molecule has 0 aliphatic carbocycles. The van der Waals surface area contributed by atoms with Crippen LogP contribution in [0.25, 0.3) is 5.57 Å². The summed E-state index contributed by atoms with van der Waals surface area (Å²) >= 11 is 0. The molecule has 1 aromatic carbocycles. The fourth-order valence-electron chi connectivity index (χ4n) is 4.29. The number of hydrogen-bond acceptors (Lipinski definition) is 3. The quantitative estimate of drug-likeness (QED) is 0.431. The Kier molecular flexibility index (Phi) is 7.34. The highest BCUT2D eigenvalue weighted by Gasteiger charge is 2.31. The first kappa shape index (κ1) is 24.6. The number of aliphatic imine (C=N–C) groups is 1. The summed E-state index contributed by atoms with van der Waals surface area (Å²) in [6.45, 7) is 12.8. The summed E-state index contributed by atoms with van der Waals surface area (Å²) in [5, 5.41) is 0. The number of benzene rings is 1. The summed E-state index contributed by atoms with van der Waals surface area (Å²) < 4.78 is 41.4. The number of hydrogen-bond donors (Lipinski definition) is 0. The van der Waals surface area contributed by atoms with Crippen LogP contribution in [0.3, 0.4) is 0 Å². The highest BCUT2D eigenvalue weighted by Crippen LogP contribution is 2.32. The molecular formula is C25H30F3N3O2. The molecule has 2 aliphatic heterocycles. The summed E-state index contributed by atoms with van der Waals surface area (Å²) in [4.78, 5) is 21.1. The molecule has 1 aromatic rings. The number of amides is 1. The Hall–Kier alpha value is -3.03. The molecule has 0 saturated carbocycles. The fourth-order valence-corrected chi connectivity index (χ4v) is 4.29. The van der Waals surface area contributed by atoms with Gasteiger partial charge < -0.3 is 14.5 Å². The maximum absolute atomic E-state index is 12.5. The van der Waals surface area contributed by atoms with Gasteiger partial charge in [-0.2, -0.15) is 0 Å². The van der Waals surface area contributed by atoms with Crippen LogP contribution in [-0.2, 0) is 4.79 Å². The first-order chi connectivity index (χ1) is 15.5. The molecule has 0 radical (unpaired) electrons. The van der Waals surface area contributed by atoms with Gasteiger partial charge in [0.05, 0.1) is 6.04 Å². The number of allylic oxidation sites excluding steroid dienone is 1. The topological polar surface area (TPSA) is 45.1 Å². The van der Waals surface area contributed by atoms with Crippen LogP contribution in [-0.4, -0.2) is 60.1 Å². The SMILES string of the molecule is C=CC1CC/C(=C(/C)c2ccc(OC(F)(F)F)cc2)C(=NC(C)CN2CCC(=C)C2=O)N1C. The molecule has 178 valence electrons. The lowest BCUT2D eigenvalue weighted by molar-refractivity contribution is -0.274. The second-order valence-electron chi connectivity index (χ2n) is 8.53. The van der Waals surface area contributed by atoms with Crippen molar-refractivity contribution in [2.24, 2.45) is 4.99 Å². The third-order valence-corrected chi connectivity index (χ3v) is 6.14. The maximum atomic E-state index is 12.5. The zero-order valence-corrected chi connectivity index (χ0v) is 19.3. The minimum atomic E-state index is -4.72. The van der Waals surface area contributed by atoms with E-state index < -0.39 is 6.36 Å². The van der Waals surface area contributed by atoms with E-state index in [2.05, 4.69) is 22.8 Å². The Morgan fingerprint density at radius 1 is 1.30 bits per heavy atom. The van der Waals surface area contributed by atoms with Crippen LogP contribution >= 0.6 is 0 Å². The van der Waals surface area contributed by atoms with E-state index in [1.165, 1.54) is 12.1 Å². The minimum Gasteiger partial charge on any atom is -0.406 e. The van der Waals surface area contributed by atoms with Crippen LogP contribution in [0.1, 0.15) is 38.7 Å². The molecule has 5 nitrogen and oxygen atoms in total. The molecule has 2 heterocycles. The highest BCUT2D eigenvalue weighted by molar-refractivity contribution is 6.05. The van der Waals surface area contributed by atoms with E-state index in [1.54, 1.807) is 17.0 Å². The van der Waals surface area contributed by atoms with E-state index in [0.29, 0.717) is 25.1 Å². The zero-order valence-electron chi connectivity index (χ0n) is 19.3. The number of nitrogens with zero attached hydrogens (tertiary/aromatic N) is 3. The molecule has 0 spiro atoms. The molecule has 33 heavy (non-hydrogen) atoms. The Balaban J connectivity index is 1.89. The lowest BCUT2D eigenvalue weighted by atomic mass is 9.90. The average Bonchev–Trinajstić information content (AvgIpc) is 3.06. The van der Waals surface area contributed by atoms with Gasteiger partial charge in [-0.25, -0.2) is 0 Å². The van der Waals surface area contributed by atoms with E-state index in [-0.39, 0.29) is 23.7 Å². The van der Waals surface area contributed by atoms with Gasteiger partial charge in [0, 0.05) is 31.8 Å². The summed E-state index contributed by atoms with van der Waals surface area (Å²) in [6, 6.07) is 5.88. The van der Waals surface area contributed by atoms with Crippen molar-refractivity contribution in [3.05, 3.63) is 60.2 Å². The number of likely N-dealkylation sites (tertiary alicyclic amines) is 2. The van der Waals surface area contributed by atoms with Crippen LogP contribution in [0.15, 0.2) is 59.6 Å². The van der Waals surface area contributed by atoms with Crippen molar-refractivity contribution >= 4 is 17.3 Å². The number of rotatable bonds is 6. The van der Waals surface area contributed by atoms with Crippen molar-refractivity contribution in [1.29, 1.82) is 0 Å². The predicted octanol–water partition coefficient (Wildman–Crippen LogP) is 5.21. The standard InChI is InChI=1S/C25H30F3N3O2/c1-6-20-9-12-22(18(4)19-7-10-21(11-8-19)33-25(26,27)28)23(30(20)5)29-17(3)15-31-14-13-16(2)24(31)32/h6-8,10-11,17,20H,1-2,9,12-15H2,3-5H3/b22-18+,29-23?. The molecule has 2 saturated heterocycles. The number of alkyl halides is 3. The minimum absolute atomic E-state index is 0.0175. The van der Waals surface area contributed by atoms with Crippen LogP contribution in [0.2, 0.25) is 0 Å². The molecule has 2 aliphatic rings. The molecule has 2 unspecified atom stereocenters. The molecular weight excluding hydrogens is 431 g/mol. The first-order valence-corrected chi connectivity index (χ1v) is 11.0. The molecule has 1 amide bonds. The van der Waals surface area contributed by atoms with Gasteiger partial charge in [-0.15, -0.1) is 19.8 Å². The number of carbonyl (C=O) groups excluding carboxylic acids is 1. The van der Waals surface area contributed by atoms with E-state index in [1.807, 2.05) is 27.0 Å². The van der Waals surface area contributed by atoms with E-state index in [0.717, 1.165) is 35.4 Å². The second-order valence-corrected chi connectivity index (χ2v) is 8.53. The van der Waals surface area contributed by atoms with Crippen molar-refractivity contribution in [3.63, 3.8) is 0 Å². The van der Waals surface area contributed by atoms with Gasteiger partial charge in [0.2, 0.25) is 5.91 Å². The molecule has 3 rings (SSSR count). The second kappa shape index (κ2) is 9.85. The lowest BCUT2D eigenvalue weighted by Gasteiger charge is -2.37. The molecule has 0 bridgehead atoms. The Bertz CT molecular complexity index is 980. The summed E-state index contributed by atoms with van der Waals surface area (Å²) in [5.41, 5.74) is 3.41. The van der Waals surface area contributed by atoms with Crippen molar-refractivity contribution < 1.29 is 22.7 Å². The molecule has 8 heteroatoms.